The quantitative estimate of drug-likeness (QED) is 0.887. The van der Waals surface area contributed by atoms with Gasteiger partial charge in [0.1, 0.15) is 5.82 Å². The lowest BCUT2D eigenvalue weighted by atomic mass is 10.0. The fourth-order valence-corrected chi connectivity index (χ4v) is 2.22. The third kappa shape index (κ3) is 2.55. The van der Waals surface area contributed by atoms with Crippen molar-refractivity contribution in [1.29, 1.82) is 0 Å². The second-order valence-corrected chi connectivity index (χ2v) is 5.00. The minimum Gasteiger partial charge on any atom is -0.375 e. The first-order valence-electron chi connectivity index (χ1n) is 6.42. The summed E-state index contributed by atoms with van der Waals surface area (Å²) < 4.78 is 2.05. The van der Waals surface area contributed by atoms with Gasteiger partial charge in [-0.25, -0.2) is 4.98 Å². The van der Waals surface area contributed by atoms with E-state index in [0.29, 0.717) is 5.92 Å². The summed E-state index contributed by atoms with van der Waals surface area (Å²) in [5.74, 6) is 1.57. The maximum absolute atomic E-state index is 4.39. The second-order valence-electron chi connectivity index (χ2n) is 5.00. The Morgan fingerprint density at radius 2 is 1.89 bits per heavy atom. The molecule has 2 rings (SSSR count). The van der Waals surface area contributed by atoms with Gasteiger partial charge in [0.2, 0.25) is 0 Å². The van der Waals surface area contributed by atoms with Gasteiger partial charge in [0.05, 0.1) is 6.04 Å². The lowest BCUT2D eigenvalue weighted by Crippen LogP contribution is -2.13. The molecule has 0 spiro atoms. The summed E-state index contributed by atoms with van der Waals surface area (Å²) in [6.07, 6.45) is 3.81. The number of para-hydroxylation sites is 1. The Bertz CT molecular complexity index is 514. The van der Waals surface area contributed by atoms with Crippen molar-refractivity contribution >= 4 is 5.69 Å². The van der Waals surface area contributed by atoms with Crippen molar-refractivity contribution in [3.63, 3.8) is 0 Å². The molecular formula is C15H21N3. The Hall–Kier alpha value is -1.77. The number of aryl methyl sites for hydroxylation is 1. The fraction of sp³-hybridized carbons (Fsp3) is 0.400. The van der Waals surface area contributed by atoms with Crippen molar-refractivity contribution in [1.82, 2.24) is 9.55 Å². The number of benzene rings is 1. The Balaban J connectivity index is 2.22. The van der Waals surface area contributed by atoms with Gasteiger partial charge < -0.3 is 9.88 Å². The summed E-state index contributed by atoms with van der Waals surface area (Å²) in [7, 11) is 2.02. The van der Waals surface area contributed by atoms with Crippen LogP contribution >= 0.6 is 0 Å². The van der Waals surface area contributed by atoms with E-state index in [1.807, 2.05) is 19.4 Å². The third-order valence-corrected chi connectivity index (χ3v) is 3.20. The Labute approximate surface area is 109 Å². The summed E-state index contributed by atoms with van der Waals surface area (Å²) >= 11 is 0. The van der Waals surface area contributed by atoms with Crippen LogP contribution in [0.1, 0.15) is 44.1 Å². The maximum Gasteiger partial charge on any atom is 0.130 e. The molecule has 2 aromatic rings. The minimum absolute atomic E-state index is 0.199. The largest absolute Gasteiger partial charge is 0.375 e. The molecule has 0 amide bonds. The summed E-state index contributed by atoms with van der Waals surface area (Å²) in [4.78, 5) is 4.39. The van der Waals surface area contributed by atoms with E-state index in [1.165, 1.54) is 11.3 Å². The average Bonchev–Trinajstić information content (AvgIpc) is 2.76. The number of imidazole rings is 1. The monoisotopic (exact) mass is 243 g/mol. The zero-order valence-electron chi connectivity index (χ0n) is 11.5. The number of aromatic nitrogens is 2. The van der Waals surface area contributed by atoms with Gasteiger partial charge in [-0.2, -0.15) is 0 Å². The molecule has 1 aromatic carbocycles. The highest BCUT2D eigenvalue weighted by Crippen LogP contribution is 2.26. The SMILES string of the molecule is CC(C)c1ccccc1NC(C)c1nccn1C. The van der Waals surface area contributed by atoms with Gasteiger partial charge >= 0.3 is 0 Å². The molecule has 0 saturated heterocycles. The van der Waals surface area contributed by atoms with E-state index in [9.17, 15) is 0 Å². The average molecular weight is 243 g/mol. The molecule has 1 unspecified atom stereocenters. The van der Waals surface area contributed by atoms with Crippen molar-refractivity contribution < 1.29 is 0 Å². The van der Waals surface area contributed by atoms with Crippen LogP contribution in [0, 0.1) is 0 Å². The van der Waals surface area contributed by atoms with Crippen molar-refractivity contribution in [3.8, 4) is 0 Å². The first-order valence-corrected chi connectivity index (χ1v) is 6.42. The van der Waals surface area contributed by atoms with Crippen molar-refractivity contribution in [2.24, 2.45) is 7.05 Å². The van der Waals surface area contributed by atoms with E-state index in [0.717, 1.165) is 5.82 Å². The van der Waals surface area contributed by atoms with E-state index in [4.69, 9.17) is 0 Å². The molecule has 0 aliphatic heterocycles. The molecule has 0 aliphatic carbocycles. The van der Waals surface area contributed by atoms with E-state index >= 15 is 0 Å². The number of hydrogen-bond donors (Lipinski definition) is 1. The number of anilines is 1. The van der Waals surface area contributed by atoms with Crippen LogP contribution in [0.5, 0.6) is 0 Å². The molecule has 1 atom stereocenters. The number of nitrogens with zero attached hydrogens (tertiary/aromatic N) is 2. The van der Waals surface area contributed by atoms with Crippen LogP contribution < -0.4 is 5.32 Å². The molecule has 3 heteroatoms. The number of nitrogens with one attached hydrogen (secondary N) is 1. The van der Waals surface area contributed by atoms with Crippen LogP contribution in [-0.2, 0) is 7.05 Å². The first kappa shape index (κ1) is 12.7. The van der Waals surface area contributed by atoms with Crippen LogP contribution in [0.25, 0.3) is 0 Å². The number of rotatable bonds is 4. The van der Waals surface area contributed by atoms with Gasteiger partial charge in [0, 0.05) is 25.1 Å². The normalized spacial score (nSPS) is 12.7. The highest BCUT2D eigenvalue weighted by molar-refractivity contribution is 5.53. The van der Waals surface area contributed by atoms with Gasteiger partial charge in [0.25, 0.3) is 0 Å². The van der Waals surface area contributed by atoms with Crippen molar-refractivity contribution in [2.75, 3.05) is 5.32 Å². The van der Waals surface area contributed by atoms with Crippen LogP contribution in [0.15, 0.2) is 36.7 Å². The van der Waals surface area contributed by atoms with Crippen LogP contribution in [0.4, 0.5) is 5.69 Å². The Kier molecular flexibility index (Phi) is 3.70. The summed E-state index contributed by atoms with van der Waals surface area (Å²) in [5, 5.41) is 3.55. The third-order valence-electron chi connectivity index (χ3n) is 3.20. The summed E-state index contributed by atoms with van der Waals surface area (Å²) in [5.41, 5.74) is 2.54. The fourth-order valence-electron chi connectivity index (χ4n) is 2.22. The lowest BCUT2D eigenvalue weighted by molar-refractivity contribution is 0.718. The van der Waals surface area contributed by atoms with E-state index in [1.54, 1.807) is 0 Å². The zero-order chi connectivity index (χ0) is 13.1. The van der Waals surface area contributed by atoms with Crippen LogP contribution in [0.3, 0.4) is 0 Å². The van der Waals surface area contributed by atoms with Gasteiger partial charge in [-0.3, -0.25) is 0 Å². The summed E-state index contributed by atoms with van der Waals surface area (Å²) in [6, 6.07) is 8.67. The molecule has 18 heavy (non-hydrogen) atoms. The standard InChI is InChI=1S/C15H21N3/c1-11(2)13-7-5-6-8-14(13)17-12(3)15-16-9-10-18(15)4/h5-12,17H,1-4H3. The maximum atomic E-state index is 4.39. The highest BCUT2D eigenvalue weighted by Gasteiger charge is 2.12. The molecule has 3 nitrogen and oxygen atoms in total. The van der Waals surface area contributed by atoms with Crippen molar-refractivity contribution in [3.05, 3.63) is 48.0 Å². The van der Waals surface area contributed by atoms with E-state index < -0.39 is 0 Å². The van der Waals surface area contributed by atoms with Crippen LogP contribution in [-0.4, -0.2) is 9.55 Å². The first-order chi connectivity index (χ1) is 8.59. The van der Waals surface area contributed by atoms with E-state index in [-0.39, 0.29) is 6.04 Å². The molecule has 0 radical (unpaired) electrons. The molecule has 0 saturated carbocycles. The minimum atomic E-state index is 0.199. The van der Waals surface area contributed by atoms with Gasteiger partial charge in [-0.15, -0.1) is 0 Å². The van der Waals surface area contributed by atoms with Gasteiger partial charge in [0.15, 0.2) is 0 Å². The topological polar surface area (TPSA) is 29.9 Å². The molecule has 0 aliphatic rings. The molecule has 1 N–H and O–H groups in total. The van der Waals surface area contributed by atoms with E-state index in [2.05, 4.69) is 59.9 Å². The molecule has 1 heterocycles. The van der Waals surface area contributed by atoms with Crippen LogP contribution in [0.2, 0.25) is 0 Å². The smallest absolute Gasteiger partial charge is 0.130 e. The zero-order valence-corrected chi connectivity index (χ0v) is 11.5. The molecular weight excluding hydrogens is 222 g/mol. The Morgan fingerprint density at radius 3 is 2.50 bits per heavy atom. The predicted molar refractivity (Wildman–Crippen MR) is 75.8 cm³/mol. The van der Waals surface area contributed by atoms with Gasteiger partial charge in [-0.05, 0) is 24.5 Å². The highest BCUT2D eigenvalue weighted by atomic mass is 15.1. The summed E-state index contributed by atoms with van der Waals surface area (Å²) in [6.45, 7) is 6.57. The predicted octanol–water partition coefficient (Wildman–Crippen LogP) is 3.72. The molecule has 96 valence electrons. The molecule has 0 bridgehead atoms. The Morgan fingerprint density at radius 1 is 1.17 bits per heavy atom. The molecule has 1 aromatic heterocycles. The lowest BCUT2D eigenvalue weighted by Gasteiger charge is -2.19. The second kappa shape index (κ2) is 5.25. The van der Waals surface area contributed by atoms with Crippen molar-refractivity contribution in [2.45, 2.75) is 32.7 Å². The van der Waals surface area contributed by atoms with Gasteiger partial charge in [-0.1, -0.05) is 32.0 Å². The molecule has 0 fully saturated rings. The number of hydrogen-bond acceptors (Lipinski definition) is 2.